The molecule has 0 spiro atoms. The molecule has 3 aromatic rings. The van der Waals surface area contributed by atoms with E-state index in [0.717, 1.165) is 40.8 Å². The first-order valence-electron chi connectivity index (χ1n) is 8.23. The number of aromatic hydroxyl groups is 2. The first kappa shape index (κ1) is 16.1. The molecule has 0 aliphatic rings. The van der Waals surface area contributed by atoms with Crippen LogP contribution in [-0.4, -0.2) is 15.2 Å². The van der Waals surface area contributed by atoms with Crippen LogP contribution in [0.3, 0.4) is 0 Å². The van der Waals surface area contributed by atoms with Gasteiger partial charge in [0.25, 0.3) is 0 Å². The Morgan fingerprint density at radius 2 is 1.29 bits per heavy atom. The van der Waals surface area contributed by atoms with Crippen LogP contribution < -0.4 is 0 Å². The molecule has 0 fully saturated rings. The highest BCUT2D eigenvalue weighted by Gasteiger charge is 2.15. The van der Waals surface area contributed by atoms with Gasteiger partial charge in [-0.3, -0.25) is 4.98 Å². The number of phenolic OH excluding ortho intramolecular Hbond substituents is 2. The molecule has 0 saturated heterocycles. The highest BCUT2D eigenvalue weighted by molar-refractivity contribution is 5.79. The quantitative estimate of drug-likeness (QED) is 0.715. The molecule has 24 heavy (non-hydrogen) atoms. The van der Waals surface area contributed by atoms with Crippen molar-refractivity contribution in [2.24, 2.45) is 0 Å². The lowest BCUT2D eigenvalue weighted by Crippen LogP contribution is -2.01. The Hall–Kier alpha value is -2.81. The van der Waals surface area contributed by atoms with Gasteiger partial charge >= 0.3 is 0 Å². The SMILES string of the molecule is CCc1ncc(-c2ccc(O)cc2)c(CC)c1-c1ccc(O)cc1. The minimum Gasteiger partial charge on any atom is -0.508 e. The third-order valence-electron chi connectivity index (χ3n) is 4.29. The molecule has 1 heterocycles. The number of phenols is 2. The lowest BCUT2D eigenvalue weighted by Gasteiger charge is -2.17. The second kappa shape index (κ2) is 6.75. The molecule has 1 aromatic heterocycles. The van der Waals surface area contributed by atoms with Gasteiger partial charge in [-0.1, -0.05) is 38.1 Å². The van der Waals surface area contributed by atoms with Gasteiger partial charge in [-0.15, -0.1) is 0 Å². The zero-order valence-corrected chi connectivity index (χ0v) is 14.0. The van der Waals surface area contributed by atoms with Crippen LogP contribution in [0, 0.1) is 0 Å². The molecule has 3 rings (SSSR count). The summed E-state index contributed by atoms with van der Waals surface area (Å²) >= 11 is 0. The number of hydrogen-bond acceptors (Lipinski definition) is 3. The van der Waals surface area contributed by atoms with E-state index in [2.05, 4.69) is 18.8 Å². The fourth-order valence-electron chi connectivity index (χ4n) is 3.09. The number of rotatable bonds is 4. The number of benzene rings is 2. The van der Waals surface area contributed by atoms with Crippen LogP contribution >= 0.6 is 0 Å². The van der Waals surface area contributed by atoms with Gasteiger partial charge in [-0.2, -0.15) is 0 Å². The maximum absolute atomic E-state index is 9.58. The largest absolute Gasteiger partial charge is 0.508 e. The van der Waals surface area contributed by atoms with Crippen molar-refractivity contribution in [1.29, 1.82) is 0 Å². The predicted octanol–water partition coefficient (Wildman–Crippen LogP) is 4.95. The second-order valence-electron chi connectivity index (χ2n) is 5.77. The Morgan fingerprint density at radius 3 is 1.79 bits per heavy atom. The standard InChI is InChI=1S/C21H21NO2/c1-3-18-19(14-5-9-16(23)10-6-14)13-22-20(4-2)21(18)15-7-11-17(24)12-8-15/h5-13,23-24H,3-4H2,1-2H3. The number of hydrogen-bond donors (Lipinski definition) is 2. The zero-order valence-electron chi connectivity index (χ0n) is 14.0. The second-order valence-corrected chi connectivity index (χ2v) is 5.77. The average molecular weight is 319 g/mol. The van der Waals surface area contributed by atoms with Crippen LogP contribution in [0.15, 0.2) is 54.7 Å². The van der Waals surface area contributed by atoms with Crippen LogP contribution in [0.2, 0.25) is 0 Å². The molecule has 3 nitrogen and oxygen atoms in total. The monoisotopic (exact) mass is 319 g/mol. The summed E-state index contributed by atoms with van der Waals surface area (Å²) < 4.78 is 0. The van der Waals surface area contributed by atoms with Crippen LogP contribution in [0.1, 0.15) is 25.1 Å². The van der Waals surface area contributed by atoms with Crippen LogP contribution in [0.5, 0.6) is 11.5 Å². The van der Waals surface area contributed by atoms with Gasteiger partial charge in [-0.05, 0) is 53.8 Å². The lowest BCUT2D eigenvalue weighted by atomic mass is 9.90. The van der Waals surface area contributed by atoms with Gasteiger partial charge < -0.3 is 10.2 Å². The van der Waals surface area contributed by atoms with Gasteiger partial charge in [0.2, 0.25) is 0 Å². The highest BCUT2D eigenvalue weighted by Crippen LogP contribution is 2.35. The number of aryl methyl sites for hydroxylation is 1. The van der Waals surface area contributed by atoms with Crippen molar-refractivity contribution in [3.05, 3.63) is 66.0 Å². The summed E-state index contributed by atoms with van der Waals surface area (Å²) in [6.45, 7) is 4.24. The Kier molecular flexibility index (Phi) is 4.52. The van der Waals surface area contributed by atoms with Gasteiger partial charge in [0, 0.05) is 23.0 Å². The fraction of sp³-hybridized carbons (Fsp3) is 0.190. The van der Waals surface area contributed by atoms with Crippen LogP contribution in [-0.2, 0) is 12.8 Å². The number of pyridine rings is 1. The lowest BCUT2D eigenvalue weighted by molar-refractivity contribution is 0.475. The fourth-order valence-corrected chi connectivity index (χ4v) is 3.09. The van der Waals surface area contributed by atoms with E-state index in [1.807, 2.05) is 30.5 Å². The Bertz CT molecular complexity index is 837. The molecule has 0 aliphatic carbocycles. The minimum absolute atomic E-state index is 0.258. The molecule has 0 amide bonds. The summed E-state index contributed by atoms with van der Waals surface area (Å²) in [4.78, 5) is 4.68. The molecular weight excluding hydrogens is 298 g/mol. The predicted molar refractivity (Wildman–Crippen MR) is 97.2 cm³/mol. The summed E-state index contributed by atoms with van der Waals surface area (Å²) in [5.41, 5.74) is 6.62. The van der Waals surface area contributed by atoms with E-state index >= 15 is 0 Å². The van der Waals surface area contributed by atoms with E-state index in [1.165, 1.54) is 5.56 Å². The van der Waals surface area contributed by atoms with Crippen molar-refractivity contribution in [2.75, 3.05) is 0 Å². The topological polar surface area (TPSA) is 53.4 Å². The van der Waals surface area contributed by atoms with E-state index in [1.54, 1.807) is 24.3 Å². The van der Waals surface area contributed by atoms with Crippen LogP contribution in [0.4, 0.5) is 0 Å². The van der Waals surface area contributed by atoms with Gasteiger partial charge in [0.1, 0.15) is 11.5 Å². The van der Waals surface area contributed by atoms with E-state index in [-0.39, 0.29) is 11.5 Å². The maximum Gasteiger partial charge on any atom is 0.115 e. The molecule has 0 unspecified atom stereocenters. The normalized spacial score (nSPS) is 10.8. The van der Waals surface area contributed by atoms with Crippen LogP contribution in [0.25, 0.3) is 22.3 Å². The van der Waals surface area contributed by atoms with E-state index in [9.17, 15) is 10.2 Å². The summed E-state index contributed by atoms with van der Waals surface area (Å²) in [5, 5.41) is 19.1. The van der Waals surface area contributed by atoms with Crippen molar-refractivity contribution < 1.29 is 10.2 Å². The number of nitrogens with zero attached hydrogens (tertiary/aromatic N) is 1. The third-order valence-corrected chi connectivity index (χ3v) is 4.29. The molecule has 0 bridgehead atoms. The van der Waals surface area contributed by atoms with Crippen molar-refractivity contribution in [1.82, 2.24) is 4.98 Å². The average Bonchev–Trinajstić information content (AvgIpc) is 2.62. The minimum atomic E-state index is 0.258. The maximum atomic E-state index is 9.58. The molecule has 0 atom stereocenters. The van der Waals surface area contributed by atoms with Crippen molar-refractivity contribution >= 4 is 0 Å². The van der Waals surface area contributed by atoms with Crippen molar-refractivity contribution in [3.8, 4) is 33.8 Å². The van der Waals surface area contributed by atoms with Gasteiger partial charge in [0.05, 0.1) is 0 Å². The van der Waals surface area contributed by atoms with E-state index < -0.39 is 0 Å². The summed E-state index contributed by atoms with van der Waals surface area (Å²) in [5.74, 6) is 0.520. The summed E-state index contributed by atoms with van der Waals surface area (Å²) in [6.07, 6.45) is 3.65. The molecule has 0 aliphatic heterocycles. The molecule has 122 valence electrons. The Balaban J connectivity index is 2.24. The Morgan fingerprint density at radius 1 is 0.750 bits per heavy atom. The van der Waals surface area contributed by atoms with Gasteiger partial charge in [-0.25, -0.2) is 0 Å². The first-order chi connectivity index (χ1) is 11.6. The molecule has 2 aromatic carbocycles. The Labute approximate surface area is 142 Å². The van der Waals surface area contributed by atoms with Crippen molar-refractivity contribution in [3.63, 3.8) is 0 Å². The molecule has 2 N–H and O–H groups in total. The summed E-state index contributed by atoms with van der Waals surface area (Å²) in [7, 11) is 0. The summed E-state index contributed by atoms with van der Waals surface area (Å²) in [6, 6.07) is 14.5. The third kappa shape index (κ3) is 2.98. The molecular formula is C21H21NO2. The van der Waals surface area contributed by atoms with Gasteiger partial charge in [0.15, 0.2) is 0 Å². The molecule has 3 heteroatoms. The highest BCUT2D eigenvalue weighted by atomic mass is 16.3. The molecule has 0 radical (unpaired) electrons. The van der Waals surface area contributed by atoms with Crippen molar-refractivity contribution in [2.45, 2.75) is 26.7 Å². The first-order valence-corrected chi connectivity index (χ1v) is 8.23. The van der Waals surface area contributed by atoms with E-state index in [0.29, 0.717) is 0 Å². The smallest absolute Gasteiger partial charge is 0.115 e. The van der Waals surface area contributed by atoms with E-state index in [4.69, 9.17) is 0 Å². The zero-order chi connectivity index (χ0) is 17.1. The number of aromatic nitrogens is 1. The molecule has 0 saturated carbocycles.